The number of para-hydroxylation sites is 2. The van der Waals surface area contributed by atoms with Crippen molar-refractivity contribution in [3.63, 3.8) is 0 Å². The Morgan fingerprint density at radius 3 is 1.85 bits per heavy atom. The van der Waals surface area contributed by atoms with Gasteiger partial charge in [-0.25, -0.2) is 0 Å². The van der Waals surface area contributed by atoms with Gasteiger partial charge < -0.3 is 4.90 Å². The van der Waals surface area contributed by atoms with Crippen LogP contribution in [0.4, 0.5) is 17.1 Å². The quantitative estimate of drug-likeness (QED) is 0.622. The Balaban J connectivity index is 2.06. The summed E-state index contributed by atoms with van der Waals surface area (Å²) in [5, 5.41) is 21.6. The van der Waals surface area contributed by atoms with E-state index in [1.165, 1.54) is 10.4 Å². The fourth-order valence-electron chi connectivity index (χ4n) is 3.82. The summed E-state index contributed by atoms with van der Waals surface area (Å²) in [4.78, 5) is 2.17. The maximum atomic E-state index is 9.69. The first-order valence-electron chi connectivity index (χ1n) is 8.51. The predicted octanol–water partition coefficient (Wildman–Crippen LogP) is 4.04. The molecule has 4 rings (SSSR count). The van der Waals surface area contributed by atoms with E-state index < -0.39 is 8.07 Å². The van der Waals surface area contributed by atoms with Crippen LogP contribution in [0.5, 0.6) is 0 Å². The van der Waals surface area contributed by atoms with E-state index in [2.05, 4.69) is 66.5 Å². The zero-order chi connectivity index (χ0) is 18.3. The molecular formula is C22H17N3Si. The van der Waals surface area contributed by atoms with Crippen molar-refractivity contribution in [2.24, 2.45) is 0 Å². The number of rotatable bonds is 1. The molecule has 0 aromatic heterocycles. The number of fused-ring (bicyclic) bond motifs is 2. The zero-order valence-electron chi connectivity index (χ0n) is 14.7. The largest absolute Gasteiger partial charge is 0.309 e. The van der Waals surface area contributed by atoms with Crippen LogP contribution in [-0.2, 0) is 0 Å². The first kappa shape index (κ1) is 16.1. The molecule has 0 saturated carbocycles. The number of nitrogens with zero attached hydrogens (tertiary/aromatic N) is 3. The van der Waals surface area contributed by atoms with Crippen molar-refractivity contribution in [2.45, 2.75) is 13.1 Å². The second kappa shape index (κ2) is 5.88. The van der Waals surface area contributed by atoms with Crippen molar-refractivity contribution in [3.8, 4) is 12.1 Å². The van der Waals surface area contributed by atoms with Gasteiger partial charge in [0.25, 0.3) is 0 Å². The van der Waals surface area contributed by atoms with E-state index in [9.17, 15) is 10.5 Å². The summed E-state index contributed by atoms with van der Waals surface area (Å²) >= 11 is 0. The minimum atomic E-state index is -1.83. The average Bonchev–Trinajstić information content (AvgIpc) is 2.68. The van der Waals surface area contributed by atoms with Crippen molar-refractivity contribution in [1.29, 1.82) is 10.5 Å². The molecule has 3 nitrogen and oxygen atoms in total. The molecule has 0 N–H and O–H groups in total. The van der Waals surface area contributed by atoms with Crippen LogP contribution >= 0.6 is 0 Å². The number of nitriles is 2. The third-order valence-electron chi connectivity index (χ3n) is 5.12. The first-order valence-corrected chi connectivity index (χ1v) is 11.5. The van der Waals surface area contributed by atoms with Crippen LogP contribution in [0.25, 0.3) is 0 Å². The van der Waals surface area contributed by atoms with E-state index in [4.69, 9.17) is 0 Å². The van der Waals surface area contributed by atoms with Gasteiger partial charge in [-0.1, -0.05) is 49.5 Å². The van der Waals surface area contributed by atoms with Gasteiger partial charge in [-0.15, -0.1) is 0 Å². The van der Waals surface area contributed by atoms with Gasteiger partial charge in [-0.2, -0.15) is 10.5 Å². The second-order valence-corrected chi connectivity index (χ2v) is 11.3. The molecule has 124 valence electrons. The summed E-state index contributed by atoms with van der Waals surface area (Å²) in [6.45, 7) is 4.73. The lowest BCUT2D eigenvalue weighted by atomic mass is 10.1. The molecule has 0 saturated heterocycles. The predicted molar refractivity (Wildman–Crippen MR) is 107 cm³/mol. The minimum Gasteiger partial charge on any atom is -0.309 e. The highest BCUT2D eigenvalue weighted by atomic mass is 28.3. The molecule has 26 heavy (non-hydrogen) atoms. The molecular weight excluding hydrogens is 334 g/mol. The molecule has 0 atom stereocenters. The lowest BCUT2D eigenvalue weighted by Gasteiger charge is -2.41. The molecule has 1 aliphatic rings. The van der Waals surface area contributed by atoms with Crippen molar-refractivity contribution in [2.75, 3.05) is 4.90 Å². The van der Waals surface area contributed by atoms with Gasteiger partial charge >= 0.3 is 0 Å². The summed E-state index contributed by atoms with van der Waals surface area (Å²) in [7, 11) is -1.83. The van der Waals surface area contributed by atoms with Crippen LogP contribution in [0.15, 0.2) is 66.7 Å². The first-order chi connectivity index (χ1) is 12.6. The molecule has 0 bridgehead atoms. The molecule has 0 unspecified atom stereocenters. The van der Waals surface area contributed by atoms with Gasteiger partial charge in [0.1, 0.15) is 14.1 Å². The zero-order valence-corrected chi connectivity index (χ0v) is 15.7. The lowest BCUT2D eigenvalue weighted by Crippen LogP contribution is -2.58. The molecule has 0 fully saturated rings. The molecule has 3 aromatic rings. The molecule has 1 heterocycles. The molecule has 0 amide bonds. The van der Waals surface area contributed by atoms with Crippen LogP contribution in [0, 0.1) is 22.7 Å². The minimum absolute atomic E-state index is 0.499. The van der Waals surface area contributed by atoms with Gasteiger partial charge in [-0.3, -0.25) is 0 Å². The van der Waals surface area contributed by atoms with Crippen LogP contribution in [0.2, 0.25) is 13.1 Å². The third-order valence-corrected chi connectivity index (χ3v) is 8.66. The van der Waals surface area contributed by atoms with E-state index in [0.717, 1.165) is 17.1 Å². The molecule has 0 radical (unpaired) electrons. The lowest BCUT2D eigenvalue weighted by molar-refractivity contribution is 1.27. The highest BCUT2D eigenvalue weighted by molar-refractivity contribution is 7.02. The van der Waals surface area contributed by atoms with Crippen LogP contribution in [-0.4, -0.2) is 8.07 Å². The summed E-state index contributed by atoms with van der Waals surface area (Å²) in [5.74, 6) is 0. The maximum Gasteiger partial charge on any atom is 0.117 e. The number of anilines is 3. The highest BCUT2D eigenvalue weighted by Gasteiger charge is 2.38. The molecule has 1 aliphatic heterocycles. The fourth-order valence-corrected chi connectivity index (χ4v) is 6.81. The summed E-state index contributed by atoms with van der Waals surface area (Å²) in [6, 6.07) is 26.6. The Labute approximate surface area is 154 Å². The SMILES string of the molecule is C[Si]1(C)c2ccccc2N(c2ccc(C#N)cc2C#N)c2ccccc21. The highest BCUT2D eigenvalue weighted by Crippen LogP contribution is 2.39. The summed E-state index contributed by atoms with van der Waals surface area (Å²) < 4.78 is 0. The fraction of sp³-hybridized carbons (Fsp3) is 0.0909. The summed E-state index contributed by atoms with van der Waals surface area (Å²) in [5.41, 5.74) is 4.08. The Morgan fingerprint density at radius 1 is 0.731 bits per heavy atom. The number of benzene rings is 3. The molecule has 3 aromatic carbocycles. The van der Waals surface area contributed by atoms with Crippen molar-refractivity contribution < 1.29 is 0 Å². The monoisotopic (exact) mass is 351 g/mol. The Hall–Kier alpha value is -3.34. The topological polar surface area (TPSA) is 50.8 Å². The molecule has 4 heteroatoms. The second-order valence-electron chi connectivity index (χ2n) is 6.95. The van der Waals surface area contributed by atoms with Gasteiger partial charge in [0.05, 0.1) is 22.9 Å². The van der Waals surface area contributed by atoms with E-state index in [1.807, 2.05) is 18.2 Å². The third kappa shape index (κ3) is 2.24. The maximum absolute atomic E-state index is 9.69. The number of hydrogen-bond acceptors (Lipinski definition) is 3. The van der Waals surface area contributed by atoms with Crippen molar-refractivity contribution in [3.05, 3.63) is 77.9 Å². The molecule has 0 aliphatic carbocycles. The van der Waals surface area contributed by atoms with Crippen molar-refractivity contribution >= 4 is 35.5 Å². The Morgan fingerprint density at radius 2 is 1.31 bits per heavy atom. The van der Waals surface area contributed by atoms with E-state index >= 15 is 0 Å². The van der Waals surface area contributed by atoms with E-state index in [1.54, 1.807) is 12.1 Å². The van der Waals surface area contributed by atoms with Crippen LogP contribution in [0.1, 0.15) is 11.1 Å². The van der Waals surface area contributed by atoms with Gasteiger partial charge in [-0.05, 0) is 40.7 Å². The normalized spacial score (nSPS) is 13.9. The number of hydrogen-bond donors (Lipinski definition) is 0. The van der Waals surface area contributed by atoms with Crippen molar-refractivity contribution in [1.82, 2.24) is 0 Å². The van der Waals surface area contributed by atoms with Crippen LogP contribution in [0.3, 0.4) is 0 Å². The van der Waals surface area contributed by atoms with Gasteiger partial charge in [0, 0.05) is 11.4 Å². The smallest absolute Gasteiger partial charge is 0.117 e. The molecule has 0 spiro atoms. The van der Waals surface area contributed by atoms with E-state index in [-0.39, 0.29) is 0 Å². The van der Waals surface area contributed by atoms with E-state index in [0.29, 0.717) is 11.1 Å². The average molecular weight is 351 g/mol. The standard InChI is InChI=1S/C22H17N3Si/c1-26(2)21-9-5-3-7-19(21)25(20-8-4-6-10-22(20)26)18-12-11-16(14-23)13-17(18)15-24/h3-13H,1-2H3. The van der Waals surface area contributed by atoms with Gasteiger partial charge in [0.2, 0.25) is 0 Å². The van der Waals surface area contributed by atoms with Gasteiger partial charge in [0.15, 0.2) is 0 Å². The Kier molecular flexibility index (Phi) is 3.65. The van der Waals surface area contributed by atoms with Crippen LogP contribution < -0.4 is 15.3 Å². The Bertz CT molecular complexity index is 1050. The summed E-state index contributed by atoms with van der Waals surface area (Å²) in [6.07, 6.45) is 0.